The number of methoxy groups -OCH3 is 2. The van der Waals surface area contributed by atoms with Crippen LogP contribution in [0.2, 0.25) is 0 Å². The molecule has 0 spiro atoms. The van der Waals surface area contributed by atoms with Gasteiger partial charge in [0.1, 0.15) is 29.4 Å². The topological polar surface area (TPSA) is 137 Å². The van der Waals surface area contributed by atoms with Gasteiger partial charge in [-0.05, 0) is 38.6 Å². The highest BCUT2D eigenvalue weighted by molar-refractivity contribution is 6.05. The number of ether oxygens (including phenoxy) is 3. The molecule has 0 N–H and O–H groups in total. The zero-order chi connectivity index (χ0) is 33.6. The third kappa shape index (κ3) is 7.39. The summed E-state index contributed by atoms with van der Waals surface area (Å²) in [6.07, 6.45) is -3.94. The van der Waals surface area contributed by atoms with Gasteiger partial charge in [0.25, 0.3) is 0 Å². The summed E-state index contributed by atoms with van der Waals surface area (Å²) >= 11 is 0. The average Bonchev–Trinajstić information content (AvgIpc) is 3.45. The average molecular weight is 651 g/mol. The van der Waals surface area contributed by atoms with Crippen molar-refractivity contribution >= 4 is 35.4 Å². The number of hydrogen-bond donors (Lipinski definition) is 0. The van der Waals surface area contributed by atoms with Gasteiger partial charge in [0.2, 0.25) is 5.84 Å². The van der Waals surface area contributed by atoms with Crippen molar-refractivity contribution in [1.29, 1.82) is 5.26 Å². The molecule has 13 nitrogen and oxygen atoms in total. The Kier molecular flexibility index (Phi) is 10.8. The Balaban J connectivity index is 1.87. The maximum Gasteiger partial charge on any atom is 0.449 e. The van der Waals surface area contributed by atoms with Gasteiger partial charge in [0.05, 0.1) is 32.8 Å². The van der Waals surface area contributed by atoms with Crippen LogP contribution in [-0.2, 0) is 4.74 Å². The van der Waals surface area contributed by atoms with E-state index in [0.29, 0.717) is 4.90 Å². The zero-order valence-electron chi connectivity index (χ0n) is 25.8. The molecule has 0 saturated carbocycles. The van der Waals surface area contributed by atoms with Gasteiger partial charge in [0.15, 0.2) is 17.9 Å². The van der Waals surface area contributed by atoms with Crippen LogP contribution in [0.5, 0.6) is 11.8 Å². The number of rotatable bonds is 9. The monoisotopic (exact) mass is 650 g/mol. The number of benzene rings is 1. The first kappa shape index (κ1) is 34.2. The number of hydrogen-bond acceptors (Lipinski definition) is 11. The van der Waals surface area contributed by atoms with Crippen LogP contribution in [-0.4, -0.2) is 117 Å². The number of nitriles is 1. The number of likely N-dealkylation sites (N-methyl/N-ethyl adjacent to an activating group) is 1. The molecule has 1 aromatic heterocycles. The van der Waals surface area contributed by atoms with E-state index in [2.05, 4.69) is 19.9 Å². The fraction of sp³-hybridized carbons (Fsp3) is 0.517. The molecule has 3 heterocycles. The lowest BCUT2D eigenvalue weighted by atomic mass is 10.1. The van der Waals surface area contributed by atoms with Gasteiger partial charge < -0.3 is 33.8 Å². The normalized spacial score (nSPS) is 19.1. The van der Waals surface area contributed by atoms with Crippen LogP contribution in [0.1, 0.15) is 29.8 Å². The van der Waals surface area contributed by atoms with Gasteiger partial charge in [-0.2, -0.15) is 28.4 Å². The van der Waals surface area contributed by atoms with Crippen LogP contribution in [0.25, 0.3) is 0 Å². The second-order valence-electron chi connectivity index (χ2n) is 10.7. The SMILES string of the molecule is COC(=O)N1CCN(c2nc(OC[C@@H]3CCCN3C)nc(C=O)c2/N=C(\N(C)c2c(F)cccc2OC)C(F)(F)F)C[C@@H]1CC#N. The number of halogens is 4. The van der Waals surface area contributed by atoms with E-state index in [1.807, 2.05) is 13.1 Å². The number of aliphatic imine (C=N–C) groups is 1. The summed E-state index contributed by atoms with van der Waals surface area (Å²) < 4.78 is 74.7. The van der Waals surface area contributed by atoms with Gasteiger partial charge in [0, 0.05) is 32.7 Å². The largest absolute Gasteiger partial charge is 0.494 e. The molecule has 2 aliphatic heterocycles. The highest BCUT2D eigenvalue weighted by Gasteiger charge is 2.42. The molecule has 1 aromatic carbocycles. The molecule has 0 aliphatic carbocycles. The maximum absolute atomic E-state index is 14.9. The van der Waals surface area contributed by atoms with Crippen molar-refractivity contribution in [1.82, 2.24) is 19.8 Å². The van der Waals surface area contributed by atoms with Crippen molar-refractivity contribution < 1.29 is 41.4 Å². The number of piperazine rings is 1. The van der Waals surface area contributed by atoms with Crippen LogP contribution in [0.15, 0.2) is 23.2 Å². The number of anilines is 2. The van der Waals surface area contributed by atoms with Gasteiger partial charge in [-0.25, -0.2) is 14.2 Å². The maximum atomic E-state index is 14.9. The van der Waals surface area contributed by atoms with Crippen molar-refractivity contribution in [2.75, 3.05) is 70.9 Å². The van der Waals surface area contributed by atoms with E-state index in [-0.39, 0.29) is 62.6 Å². The highest BCUT2D eigenvalue weighted by Crippen LogP contribution is 2.38. The number of carbonyl (C=O) groups excluding carboxylic acids is 2. The van der Waals surface area contributed by atoms with Crippen molar-refractivity contribution in [3.63, 3.8) is 0 Å². The Bertz CT molecular complexity index is 1500. The van der Waals surface area contributed by atoms with E-state index in [9.17, 15) is 32.4 Å². The fourth-order valence-corrected chi connectivity index (χ4v) is 5.49. The molecular weight excluding hydrogens is 616 g/mol. The minimum Gasteiger partial charge on any atom is -0.494 e. The first-order valence-corrected chi connectivity index (χ1v) is 14.3. The molecule has 2 fully saturated rings. The Morgan fingerprint density at radius 3 is 2.59 bits per heavy atom. The third-order valence-electron chi connectivity index (χ3n) is 7.87. The Hall–Kier alpha value is -4.72. The van der Waals surface area contributed by atoms with Crippen molar-refractivity contribution in [3.8, 4) is 17.8 Å². The molecule has 17 heteroatoms. The van der Waals surface area contributed by atoms with E-state index >= 15 is 0 Å². The molecule has 2 atom stereocenters. The number of aromatic nitrogens is 2. The molecule has 2 aliphatic rings. The molecule has 248 valence electrons. The summed E-state index contributed by atoms with van der Waals surface area (Å²) in [7, 11) is 5.26. The standard InChI is InChI=1S/C29H34F4N8O5/c1-38-12-6-7-19(38)17-46-27-35-21(16-42)23(25(37-27)40-13-14-41(28(43)45-4)18(15-40)10-11-34)36-26(29(31,32)33)39(2)24-20(30)8-5-9-22(24)44-3/h5,8-9,16,18-19H,6-7,10,12-15,17H2,1-4H3/b36-26-/t18-,19-/m0/s1. The molecule has 4 rings (SSSR count). The summed E-state index contributed by atoms with van der Waals surface area (Å²) in [6, 6.07) is 4.58. The third-order valence-corrected chi connectivity index (χ3v) is 7.87. The number of amidine groups is 1. The lowest BCUT2D eigenvalue weighted by Gasteiger charge is -2.40. The minimum atomic E-state index is -5.16. The zero-order valence-corrected chi connectivity index (χ0v) is 25.8. The highest BCUT2D eigenvalue weighted by atomic mass is 19.4. The molecule has 2 aromatic rings. The second-order valence-corrected chi connectivity index (χ2v) is 10.7. The summed E-state index contributed by atoms with van der Waals surface area (Å²) in [5, 5.41) is 9.43. The van der Waals surface area contributed by atoms with E-state index in [0.717, 1.165) is 32.5 Å². The number of carbonyl (C=O) groups is 2. The predicted molar refractivity (Wildman–Crippen MR) is 158 cm³/mol. The van der Waals surface area contributed by atoms with Crippen molar-refractivity contribution in [3.05, 3.63) is 29.7 Å². The smallest absolute Gasteiger partial charge is 0.449 e. The number of alkyl halides is 3. The number of aldehydes is 1. The molecular formula is C29H34F4N8O5. The van der Waals surface area contributed by atoms with Crippen molar-refractivity contribution in [2.45, 2.75) is 37.5 Å². The van der Waals surface area contributed by atoms with E-state index in [1.165, 1.54) is 36.2 Å². The minimum absolute atomic E-state index is 0.0180. The van der Waals surface area contributed by atoms with Crippen LogP contribution in [0, 0.1) is 17.1 Å². The van der Waals surface area contributed by atoms with Crippen LogP contribution in [0.3, 0.4) is 0 Å². The lowest BCUT2D eigenvalue weighted by molar-refractivity contribution is -0.0599. The van der Waals surface area contributed by atoms with Crippen LogP contribution >= 0.6 is 0 Å². The molecule has 2 saturated heterocycles. The van der Waals surface area contributed by atoms with Gasteiger partial charge in [-0.15, -0.1) is 0 Å². The predicted octanol–water partition coefficient (Wildman–Crippen LogP) is 3.81. The summed E-state index contributed by atoms with van der Waals surface area (Å²) in [4.78, 5) is 42.5. The summed E-state index contributed by atoms with van der Waals surface area (Å²) in [5.41, 5.74) is -1.61. The number of para-hydroxylation sites is 1. The van der Waals surface area contributed by atoms with Crippen LogP contribution < -0.4 is 19.3 Å². The lowest BCUT2D eigenvalue weighted by Crippen LogP contribution is -2.55. The molecule has 0 bridgehead atoms. The number of nitrogens with zero attached hydrogens (tertiary/aromatic N) is 8. The molecule has 46 heavy (non-hydrogen) atoms. The fourth-order valence-electron chi connectivity index (χ4n) is 5.49. The van der Waals surface area contributed by atoms with E-state index < -0.39 is 47.0 Å². The summed E-state index contributed by atoms with van der Waals surface area (Å²) in [6.45, 7) is 0.998. The van der Waals surface area contributed by atoms with Gasteiger partial charge in [-0.1, -0.05) is 6.07 Å². The quantitative estimate of drug-likeness (QED) is 0.170. The van der Waals surface area contributed by atoms with Crippen molar-refractivity contribution in [2.24, 2.45) is 4.99 Å². The Morgan fingerprint density at radius 2 is 1.98 bits per heavy atom. The molecule has 0 radical (unpaired) electrons. The first-order valence-electron chi connectivity index (χ1n) is 14.3. The van der Waals surface area contributed by atoms with Gasteiger partial charge >= 0.3 is 18.3 Å². The first-order chi connectivity index (χ1) is 21.9. The molecule has 1 amide bonds. The second kappa shape index (κ2) is 14.6. The summed E-state index contributed by atoms with van der Waals surface area (Å²) in [5.74, 6) is -2.99. The van der Waals surface area contributed by atoms with E-state index in [4.69, 9.17) is 14.2 Å². The number of amides is 1. The Labute approximate surface area is 263 Å². The van der Waals surface area contributed by atoms with Crippen LogP contribution in [0.4, 0.5) is 39.5 Å². The molecule has 0 unspecified atom stereocenters. The number of likely N-dealkylation sites (tertiary alicyclic amines) is 1. The Morgan fingerprint density at radius 1 is 1.22 bits per heavy atom. The van der Waals surface area contributed by atoms with E-state index in [1.54, 1.807) is 0 Å². The van der Waals surface area contributed by atoms with Gasteiger partial charge in [-0.3, -0.25) is 4.79 Å².